The summed E-state index contributed by atoms with van der Waals surface area (Å²) < 4.78 is 2.27. The molecule has 1 fully saturated rings. The highest BCUT2D eigenvalue weighted by Gasteiger charge is 2.40. The molecule has 3 heteroatoms. The van der Waals surface area contributed by atoms with Crippen LogP contribution in [0.1, 0.15) is 42.5 Å². The summed E-state index contributed by atoms with van der Waals surface area (Å²) in [5.41, 5.74) is 4.90. The Bertz CT molecular complexity index is 571. The van der Waals surface area contributed by atoms with Gasteiger partial charge >= 0.3 is 0 Å². The van der Waals surface area contributed by atoms with Gasteiger partial charge in [-0.05, 0) is 38.3 Å². The third-order valence-corrected chi connectivity index (χ3v) is 4.24. The maximum absolute atomic E-state index is 4.80. The first-order chi connectivity index (χ1) is 8.34. The van der Waals surface area contributed by atoms with E-state index >= 15 is 0 Å². The maximum Gasteiger partial charge on any atom is 0.114 e. The van der Waals surface area contributed by atoms with E-state index in [-0.39, 0.29) is 0 Å². The van der Waals surface area contributed by atoms with Gasteiger partial charge in [-0.2, -0.15) is 5.10 Å². The Kier molecular flexibility index (Phi) is 1.76. The van der Waals surface area contributed by atoms with Gasteiger partial charge in [0.1, 0.15) is 5.69 Å². The number of rotatable bonds is 1. The minimum absolute atomic E-state index is 0.658. The number of aromatic nitrogens is 3. The van der Waals surface area contributed by atoms with E-state index < -0.39 is 0 Å². The Balaban J connectivity index is 1.90. The predicted molar refractivity (Wildman–Crippen MR) is 65.8 cm³/mol. The molecule has 0 N–H and O–H groups in total. The number of nitrogens with zero attached hydrogens (tertiary/aromatic N) is 3. The summed E-state index contributed by atoms with van der Waals surface area (Å²) in [5.74, 6) is 0.755. The fourth-order valence-electron chi connectivity index (χ4n) is 3.48. The summed E-state index contributed by atoms with van der Waals surface area (Å²) in [6, 6.07) is 6.69. The highest BCUT2D eigenvalue weighted by Crippen LogP contribution is 2.50. The normalized spacial score (nSPS) is 25.2. The third-order valence-electron chi connectivity index (χ3n) is 4.24. The lowest BCUT2D eigenvalue weighted by Gasteiger charge is -2.12. The summed E-state index contributed by atoms with van der Waals surface area (Å²) in [4.78, 5) is 4.42. The summed E-state index contributed by atoms with van der Waals surface area (Å²) in [5, 5.41) is 4.80. The van der Waals surface area contributed by atoms with Gasteiger partial charge in [-0.3, -0.25) is 9.67 Å². The zero-order valence-corrected chi connectivity index (χ0v) is 9.93. The van der Waals surface area contributed by atoms with Crippen LogP contribution in [0.15, 0.2) is 24.4 Å². The molecule has 0 saturated heterocycles. The molecule has 2 aliphatic rings. The van der Waals surface area contributed by atoms with Crippen molar-refractivity contribution in [1.29, 1.82) is 0 Å². The van der Waals surface area contributed by atoms with Crippen LogP contribution in [0.5, 0.6) is 0 Å². The van der Waals surface area contributed by atoms with Crippen molar-refractivity contribution in [2.75, 3.05) is 0 Å². The van der Waals surface area contributed by atoms with Crippen LogP contribution in [-0.4, -0.2) is 14.8 Å². The van der Waals surface area contributed by atoms with Gasteiger partial charge in [0, 0.05) is 23.4 Å². The lowest BCUT2D eigenvalue weighted by Crippen LogP contribution is -2.07. The van der Waals surface area contributed by atoms with E-state index in [0.717, 1.165) is 17.3 Å². The highest BCUT2D eigenvalue weighted by atomic mass is 15.3. The van der Waals surface area contributed by atoms with Gasteiger partial charge in [-0.1, -0.05) is 6.07 Å². The van der Waals surface area contributed by atoms with Crippen LogP contribution in [0.3, 0.4) is 0 Å². The molecule has 0 spiro atoms. The van der Waals surface area contributed by atoms with Crippen molar-refractivity contribution < 1.29 is 0 Å². The fraction of sp³-hybridized carbons (Fsp3) is 0.429. The first kappa shape index (κ1) is 9.40. The van der Waals surface area contributed by atoms with Crippen molar-refractivity contribution in [3.63, 3.8) is 0 Å². The van der Waals surface area contributed by atoms with E-state index in [1.54, 1.807) is 0 Å². The second-order valence-electron chi connectivity index (χ2n) is 5.18. The van der Waals surface area contributed by atoms with Gasteiger partial charge in [0.2, 0.25) is 0 Å². The van der Waals surface area contributed by atoms with Crippen molar-refractivity contribution in [3.05, 3.63) is 35.7 Å². The fourth-order valence-corrected chi connectivity index (χ4v) is 3.48. The van der Waals surface area contributed by atoms with Crippen molar-refractivity contribution >= 4 is 0 Å². The zero-order chi connectivity index (χ0) is 11.4. The summed E-state index contributed by atoms with van der Waals surface area (Å²) in [7, 11) is 0. The molecule has 3 heterocycles. The third kappa shape index (κ3) is 1.17. The molecule has 86 valence electrons. The SMILES string of the molecule is Cc1c(-c2ccccn2)nn2c1[C@@H]1CC[C@H]2C1. The average Bonchev–Trinajstić information content (AvgIpc) is 3.03. The lowest BCUT2D eigenvalue weighted by atomic mass is 10.00. The Morgan fingerprint density at radius 1 is 1.29 bits per heavy atom. The molecule has 4 rings (SSSR count). The maximum atomic E-state index is 4.80. The van der Waals surface area contributed by atoms with E-state index in [1.165, 1.54) is 30.5 Å². The Hall–Kier alpha value is -1.64. The van der Waals surface area contributed by atoms with E-state index in [1.807, 2.05) is 24.4 Å². The number of hydrogen-bond donors (Lipinski definition) is 0. The van der Waals surface area contributed by atoms with E-state index in [2.05, 4.69) is 16.6 Å². The molecular formula is C14H15N3. The summed E-state index contributed by atoms with van der Waals surface area (Å²) in [6.45, 7) is 2.20. The second kappa shape index (κ2) is 3.19. The summed E-state index contributed by atoms with van der Waals surface area (Å²) >= 11 is 0. The van der Waals surface area contributed by atoms with Gasteiger partial charge in [0.25, 0.3) is 0 Å². The zero-order valence-electron chi connectivity index (χ0n) is 9.93. The molecule has 0 radical (unpaired) electrons. The van der Waals surface area contributed by atoms with Gasteiger partial charge in [-0.25, -0.2) is 0 Å². The number of pyridine rings is 1. The molecule has 1 saturated carbocycles. The molecule has 2 atom stereocenters. The van der Waals surface area contributed by atoms with Crippen LogP contribution < -0.4 is 0 Å². The average molecular weight is 225 g/mol. The minimum Gasteiger partial charge on any atom is -0.265 e. The van der Waals surface area contributed by atoms with Crippen LogP contribution in [0.25, 0.3) is 11.4 Å². The van der Waals surface area contributed by atoms with Gasteiger partial charge in [0.15, 0.2) is 0 Å². The minimum atomic E-state index is 0.658. The smallest absolute Gasteiger partial charge is 0.114 e. The molecule has 0 aromatic carbocycles. The van der Waals surface area contributed by atoms with E-state index in [4.69, 9.17) is 5.10 Å². The Morgan fingerprint density at radius 3 is 3.00 bits per heavy atom. The molecule has 2 bridgehead atoms. The topological polar surface area (TPSA) is 30.7 Å². The number of fused-ring (bicyclic) bond motifs is 5. The second-order valence-corrected chi connectivity index (χ2v) is 5.18. The molecule has 0 amide bonds. The standard InChI is InChI=1S/C14H15N3/c1-9-13(12-4-2-3-7-15-12)16-17-11-6-5-10(8-11)14(9)17/h2-4,7,10-11H,5-6,8H2,1H3/t10-,11+/m1/s1. The van der Waals surface area contributed by atoms with Crippen LogP contribution >= 0.6 is 0 Å². The van der Waals surface area contributed by atoms with E-state index in [0.29, 0.717) is 6.04 Å². The van der Waals surface area contributed by atoms with Crippen molar-refractivity contribution in [3.8, 4) is 11.4 Å². The molecule has 2 aromatic rings. The largest absolute Gasteiger partial charge is 0.265 e. The first-order valence-electron chi connectivity index (χ1n) is 6.35. The first-order valence-corrected chi connectivity index (χ1v) is 6.35. The molecule has 3 nitrogen and oxygen atoms in total. The van der Waals surface area contributed by atoms with E-state index in [9.17, 15) is 0 Å². The van der Waals surface area contributed by atoms with Gasteiger partial charge < -0.3 is 0 Å². The lowest BCUT2D eigenvalue weighted by molar-refractivity contribution is 0.477. The van der Waals surface area contributed by atoms with Crippen LogP contribution in [0.2, 0.25) is 0 Å². The van der Waals surface area contributed by atoms with Gasteiger partial charge in [-0.15, -0.1) is 0 Å². The predicted octanol–water partition coefficient (Wildman–Crippen LogP) is 3.08. The van der Waals surface area contributed by atoms with Crippen LogP contribution in [-0.2, 0) is 0 Å². The van der Waals surface area contributed by atoms with Crippen molar-refractivity contribution in [2.24, 2.45) is 0 Å². The Labute approximate surface area is 100 Å². The number of hydrogen-bond acceptors (Lipinski definition) is 2. The molecule has 2 aromatic heterocycles. The van der Waals surface area contributed by atoms with Crippen LogP contribution in [0, 0.1) is 6.92 Å². The van der Waals surface area contributed by atoms with Crippen LogP contribution in [0.4, 0.5) is 0 Å². The highest BCUT2D eigenvalue weighted by molar-refractivity contribution is 5.60. The van der Waals surface area contributed by atoms with Crippen molar-refractivity contribution in [2.45, 2.75) is 38.1 Å². The summed E-state index contributed by atoms with van der Waals surface area (Å²) in [6.07, 6.45) is 5.80. The molecule has 0 unspecified atom stereocenters. The molecule has 17 heavy (non-hydrogen) atoms. The molecule has 1 aliphatic heterocycles. The monoisotopic (exact) mass is 225 g/mol. The van der Waals surface area contributed by atoms with Gasteiger partial charge in [0.05, 0.1) is 11.7 Å². The quantitative estimate of drug-likeness (QED) is 0.746. The molecular weight excluding hydrogens is 210 g/mol. The van der Waals surface area contributed by atoms with Crippen molar-refractivity contribution in [1.82, 2.24) is 14.8 Å². The molecule has 1 aliphatic carbocycles. The Morgan fingerprint density at radius 2 is 2.24 bits per heavy atom.